The van der Waals surface area contributed by atoms with Gasteiger partial charge in [-0.2, -0.15) is 0 Å². The average molecular weight is 224 g/mol. The third-order valence-electron chi connectivity index (χ3n) is 2.38. The summed E-state index contributed by atoms with van der Waals surface area (Å²) in [5, 5.41) is 3.78. The van der Waals surface area contributed by atoms with Crippen LogP contribution in [0.15, 0.2) is 22.7 Å². The molecule has 1 heterocycles. The molecule has 2 N–H and O–H groups in total. The zero-order valence-corrected chi connectivity index (χ0v) is 8.63. The van der Waals surface area contributed by atoms with E-state index in [0.29, 0.717) is 22.6 Å². The molecule has 0 aliphatic rings. The molecular formula is C11H10F2N2O. The SMILES string of the molecule is Cc1onc(-c2ccc(F)c(F)c2)c1CN. The van der Waals surface area contributed by atoms with E-state index in [9.17, 15) is 8.78 Å². The van der Waals surface area contributed by atoms with Crippen molar-refractivity contribution >= 4 is 0 Å². The first-order valence-corrected chi connectivity index (χ1v) is 4.74. The molecule has 16 heavy (non-hydrogen) atoms. The second-order valence-corrected chi connectivity index (χ2v) is 3.40. The van der Waals surface area contributed by atoms with E-state index in [4.69, 9.17) is 10.3 Å². The Hall–Kier alpha value is -1.75. The van der Waals surface area contributed by atoms with Crippen molar-refractivity contribution in [2.24, 2.45) is 5.73 Å². The molecule has 84 valence electrons. The van der Waals surface area contributed by atoms with Crippen molar-refractivity contribution in [1.82, 2.24) is 5.16 Å². The molecular weight excluding hydrogens is 214 g/mol. The summed E-state index contributed by atoms with van der Waals surface area (Å²) in [5.74, 6) is -1.22. The van der Waals surface area contributed by atoms with E-state index in [0.717, 1.165) is 12.1 Å². The van der Waals surface area contributed by atoms with Gasteiger partial charge >= 0.3 is 0 Å². The lowest BCUT2D eigenvalue weighted by Gasteiger charge is -2.00. The predicted octanol–water partition coefficient (Wildman–Crippen LogP) is 2.39. The highest BCUT2D eigenvalue weighted by atomic mass is 19.2. The largest absolute Gasteiger partial charge is 0.361 e. The molecule has 0 spiro atoms. The number of halogens is 2. The summed E-state index contributed by atoms with van der Waals surface area (Å²) < 4.78 is 30.8. The first-order chi connectivity index (χ1) is 7.63. The van der Waals surface area contributed by atoms with Gasteiger partial charge < -0.3 is 10.3 Å². The summed E-state index contributed by atoms with van der Waals surface area (Å²) >= 11 is 0. The fourth-order valence-corrected chi connectivity index (χ4v) is 1.50. The van der Waals surface area contributed by atoms with Gasteiger partial charge in [-0.25, -0.2) is 8.78 Å². The molecule has 0 radical (unpaired) electrons. The molecule has 1 aromatic carbocycles. The van der Waals surface area contributed by atoms with Gasteiger partial charge in [0.25, 0.3) is 0 Å². The zero-order valence-electron chi connectivity index (χ0n) is 8.63. The van der Waals surface area contributed by atoms with Gasteiger partial charge in [-0.15, -0.1) is 0 Å². The Morgan fingerprint density at radius 1 is 1.31 bits per heavy atom. The Balaban J connectivity index is 2.54. The molecule has 0 unspecified atom stereocenters. The minimum Gasteiger partial charge on any atom is -0.361 e. The lowest BCUT2D eigenvalue weighted by molar-refractivity contribution is 0.398. The molecule has 0 amide bonds. The standard InChI is InChI=1S/C11H10F2N2O/c1-6-8(5-14)11(15-16-6)7-2-3-9(12)10(13)4-7/h2-4H,5,14H2,1H3. The smallest absolute Gasteiger partial charge is 0.159 e. The summed E-state index contributed by atoms with van der Waals surface area (Å²) in [7, 11) is 0. The van der Waals surface area contributed by atoms with E-state index >= 15 is 0 Å². The number of hydrogen-bond acceptors (Lipinski definition) is 3. The number of nitrogens with two attached hydrogens (primary N) is 1. The van der Waals surface area contributed by atoms with Crippen LogP contribution in [0.2, 0.25) is 0 Å². The van der Waals surface area contributed by atoms with Gasteiger partial charge in [0.05, 0.1) is 0 Å². The van der Waals surface area contributed by atoms with Crippen molar-refractivity contribution in [1.29, 1.82) is 0 Å². The maximum Gasteiger partial charge on any atom is 0.159 e. The van der Waals surface area contributed by atoms with Gasteiger partial charge in [0.15, 0.2) is 11.6 Å². The van der Waals surface area contributed by atoms with Crippen LogP contribution in [0.3, 0.4) is 0 Å². The van der Waals surface area contributed by atoms with Gasteiger partial charge in [0.1, 0.15) is 11.5 Å². The summed E-state index contributed by atoms with van der Waals surface area (Å²) in [6.07, 6.45) is 0. The lowest BCUT2D eigenvalue weighted by Crippen LogP contribution is -1.99. The highest BCUT2D eigenvalue weighted by Gasteiger charge is 2.14. The number of hydrogen-bond donors (Lipinski definition) is 1. The Morgan fingerprint density at radius 3 is 2.69 bits per heavy atom. The van der Waals surface area contributed by atoms with Crippen LogP contribution in [0.25, 0.3) is 11.3 Å². The third kappa shape index (κ3) is 1.69. The van der Waals surface area contributed by atoms with Crippen LogP contribution in [-0.4, -0.2) is 5.16 Å². The van der Waals surface area contributed by atoms with Gasteiger partial charge in [-0.05, 0) is 25.1 Å². The molecule has 0 aliphatic heterocycles. The molecule has 1 aromatic heterocycles. The van der Waals surface area contributed by atoms with E-state index in [1.807, 2.05) is 0 Å². The van der Waals surface area contributed by atoms with E-state index in [1.54, 1.807) is 6.92 Å². The van der Waals surface area contributed by atoms with Crippen molar-refractivity contribution in [2.45, 2.75) is 13.5 Å². The summed E-state index contributed by atoms with van der Waals surface area (Å²) in [6, 6.07) is 3.57. The molecule has 0 saturated heterocycles. The highest BCUT2D eigenvalue weighted by molar-refractivity contribution is 5.63. The van der Waals surface area contributed by atoms with E-state index in [1.165, 1.54) is 6.07 Å². The Morgan fingerprint density at radius 2 is 2.06 bits per heavy atom. The van der Waals surface area contributed by atoms with Crippen molar-refractivity contribution in [2.75, 3.05) is 0 Å². The minimum absolute atomic E-state index is 0.240. The highest BCUT2D eigenvalue weighted by Crippen LogP contribution is 2.25. The average Bonchev–Trinajstić information content (AvgIpc) is 2.63. The molecule has 5 heteroatoms. The minimum atomic E-state index is -0.916. The topological polar surface area (TPSA) is 52.0 Å². The van der Waals surface area contributed by atoms with Crippen LogP contribution < -0.4 is 5.73 Å². The quantitative estimate of drug-likeness (QED) is 0.852. The molecule has 0 saturated carbocycles. The second-order valence-electron chi connectivity index (χ2n) is 3.40. The molecule has 2 rings (SSSR count). The molecule has 0 fully saturated rings. The van der Waals surface area contributed by atoms with Gasteiger partial charge in [-0.3, -0.25) is 0 Å². The zero-order chi connectivity index (χ0) is 11.7. The van der Waals surface area contributed by atoms with Crippen molar-refractivity contribution in [3.8, 4) is 11.3 Å². The predicted molar refractivity (Wildman–Crippen MR) is 54.5 cm³/mol. The monoisotopic (exact) mass is 224 g/mol. The third-order valence-corrected chi connectivity index (χ3v) is 2.38. The number of rotatable bonds is 2. The molecule has 2 aromatic rings. The summed E-state index contributed by atoms with van der Waals surface area (Å²) in [6.45, 7) is 1.96. The van der Waals surface area contributed by atoms with Crippen molar-refractivity contribution < 1.29 is 13.3 Å². The lowest BCUT2D eigenvalue weighted by atomic mass is 10.1. The Bertz CT molecular complexity index is 523. The molecule has 3 nitrogen and oxygen atoms in total. The fourth-order valence-electron chi connectivity index (χ4n) is 1.50. The Kier molecular flexibility index (Phi) is 2.70. The molecule has 0 atom stereocenters. The molecule has 0 aliphatic carbocycles. The van der Waals surface area contributed by atoms with E-state index in [-0.39, 0.29) is 6.54 Å². The Labute approximate surface area is 90.9 Å². The van der Waals surface area contributed by atoms with Gasteiger partial charge in [-0.1, -0.05) is 5.16 Å². The van der Waals surface area contributed by atoms with Crippen LogP contribution in [0.4, 0.5) is 8.78 Å². The number of aromatic nitrogens is 1. The van der Waals surface area contributed by atoms with E-state index < -0.39 is 11.6 Å². The van der Waals surface area contributed by atoms with Crippen LogP contribution in [0.1, 0.15) is 11.3 Å². The number of aryl methyl sites for hydroxylation is 1. The maximum absolute atomic E-state index is 13.0. The summed E-state index contributed by atoms with van der Waals surface area (Å²) in [4.78, 5) is 0. The van der Waals surface area contributed by atoms with Crippen molar-refractivity contribution in [3.05, 3.63) is 41.2 Å². The van der Waals surface area contributed by atoms with Crippen LogP contribution in [0.5, 0.6) is 0 Å². The van der Waals surface area contributed by atoms with Crippen LogP contribution >= 0.6 is 0 Å². The normalized spacial score (nSPS) is 10.8. The maximum atomic E-state index is 13.0. The number of nitrogens with zero attached hydrogens (tertiary/aromatic N) is 1. The first kappa shape index (κ1) is 10.8. The van der Waals surface area contributed by atoms with Crippen LogP contribution in [-0.2, 0) is 6.54 Å². The summed E-state index contributed by atoms with van der Waals surface area (Å²) in [5.41, 5.74) is 7.15. The fraction of sp³-hybridized carbons (Fsp3) is 0.182. The van der Waals surface area contributed by atoms with Crippen LogP contribution in [0, 0.1) is 18.6 Å². The number of benzene rings is 1. The molecule has 0 bridgehead atoms. The van der Waals surface area contributed by atoms with Gasteiger partial charge in [0.2, 0.25) is 0 Å². The van der Waals surface area contributed by atoms with E-state index in [2.05, 4.69) is 5.16 Å². The second kappa shape index (κ2) is 4.02. The van der Waals surface area contributed by atoms with Gasteiger partial charge in [0, 0.05) is 17.7 Å². The van der Waals surface area contributed by atoms with Crippen molar-refractivity contribution in [3.63, 3.8) is 0 Å². The first-order valence-electron chi connectivity index (χ1n) is 4.74.